The maximum absolute atomic E-state index is 5.19. The first-order chi connectivity index (χ1) is 9.71. The monoisotopic (exact) mass is 269 g/mol. The van der Waals surface area contributed by atoms with Crippen LogP contribution in [-0.4, -0.2) is 20.2 Å². The largest absolute Gasteiger partial charge is 0.497 e. The number of nitrogens with one attached hydrogen (secondary N) is 1. The second kappa shape index (κ2) is 7.11. The molecule has 2 nitrogen and oxygen atoms in total. The van der Waals surface area contributed by atoms with E-state index in [0.29, 0.717) is 6.04 Å². The number of aryl methyl sites for hydroxylation is 1. The normalized spacial score (nSPS) is 12.2. The minimum atomic E-state index is 0.449. The van der Waals surface area contributed by atoms with Gasteiger partial charge in [-0.1, -0.05) is 42.0 Å². The third kappa shape index (κ3) is 4.10. The van der Waals surface area contributed by atoms with Gasteiger partial charge < -0.3 is 10.1 Å². The van der Waals surface area contributed by atoms with E-state index in [-0.39, 0.29) is 0 Å². The van der Waals surface area contributed by atoms with Gasteiger partial charge in [-0.25, -0.2) is 0 Å². The van der Waals surface area contributed by atoms with Crippen LogP contribution in [0.3, 0.4) is 0 Å². The van der Waals surface area contributed by atoms with Gasteiger partial charge in [0, 0.05) is 6.04 Å². The Hall–Kier alpha value is -1.80. The van der Waals surface area contributed by atoms with Crippen LogP contribution in [0.4, 0.5) is 0 Å². The van der Waals surface area contributed by atoms with Crippen LogP contribution in [0.5, 0.6) is 5.75 Å². The van der Waals surface area contributed by atoms with E-state index in [1.807, 2.05) is 19.2 Å². The molecule has 0 saturated carbocycles. The molecule has 1 unspecified atom stereocenters. The second-order valence-corrected chi connectivity index (χ2v) is 5.23. The molecule has 0 aliphatic carbocycles. The van der Waals surface area contributed by atoms with Crippen LogP contribution < -0.4 is 10.1 Å². The predicted molar refractivity (Wildman–Crippen MR) is 84.4 cm³/mol. The van der Waals surface area contributed by atoms with Crippen molar-refractivity contribution < 1.29 is 4.74 Å². The molecular weight excluding hydrogens is 246 g/mol. The van der Waals surface area contributed by atoms with Gasteiger partial charge in [0.05, 0.1) is 7.11 Å². The van der Waals surface area contributed by atoms with Gasteiger partial charge in [0.25, 0.3) is 0 Å². The zero-order chi connectivity index (χ0) is 14.4. The maximum atomic E-state index is 5.19. The number of rotatable bonds is 6. The number of benzene rings is 2. The summed E-state index contributed by atoms with van der Waals surface area (Å²) in [5.41, 5.74) is 4.04. The van der Waals surface area contributed by atoms with E-state index in [0.717, 1.165) is 18.6 Å². The van der Waals surface area contributed by atoms with Gasteiger partial charge in [-0.2, -0.15) is 0 Å². The summed E-state index contributed by atoms with van der Waals surface area (Å²) in [6.45, 7) is 2.14. The highest BCUT2D eigenvalue weighted by Crippen LogP contribution is 2.14. The number of hydrogen-bond donors (Lipinski definition) is 1. The average Bonchev–Trinajstić information content (AvgIpc) is 2.47. The lowest BCUT2D eigenvalue weighted by Crippen LogP contribution is -2.29. The SMILES string of the molecule is CNC(Cc1ccc(OC)cc1)Cc1cccc(C)c1. The molecule has 0 aliphatic rings. The molecule has 0 bridgehead atoms. The highest BCUT2D eigenvalue weighted by molar-refractivity contribution is 5.28. The molecule has 0 saturated heterocycles. The van der Waals surface area contributed by atoms with Gasteiger partial charge in [-0.15, -0.1) is 0 Å². The zero-order valence-corrected chi connectivity index (χ0v) is 12.5. The summed E-state index contributed by atoms with van der Waals surface area (Å²) in [6.07, 6.45) is 2.07. The van der Waals surface area contributed by atoms with Crippen LogP contribution >= 0.6 is 0 Å². The highest BCUT2D eigenvalue weighted by atomic mass is 16.5. The fourth-order valence-electron chi connectivity index (χ4n) is 2.45. The topological polar surface area (TPSA) is 21.3 Å². The van der Waals surface area contributed by atoms with Gasteiger partial charge in [0.1, 0.15) is 5.75 Å². The van der Waals surface area contributed by atoms with Crippen molar-refractivity contribution in [2.24, 2.45) is 0 Å². The second-order valence-electron chi connectivity index (χ2n) is 5.23. The quantitative estimate of drug-likeness (QED) is 0.868. The molecule has 0 spiro atoms. The molecule has 2 aromatic rings. The van der Waals surface area contributed by atoms with Crippen LogP contribution in [-0.2, 0) is 12.8 Å². The van der Waals surface area contributed by atoms with E-state index < -0.39 is 0 Å². The van der Waals surface area contributed by atoms with E-state index in [1.165, 1.54) is 16.7 Å². The van der Waals surface area contributed by atoms with Crippen molar-refractivity contribution in [2.75, 3.05) is 14.2 Å². The molecule has 0 heterocycles. The van der Waals surface area contributed by atoms with Crippen molar-refractivity contribution in [1.82, 2.24) is 5.32 Å². The first-order valence-electron chi connectivity index (χ1n) is 7.07. The standard InChI is InChI=1S/C18H23NO/c1-14-5-4-6-16(11-14)13-17(19-2)12-15-7-9-18(20-3)10-8-15/h4-11,17,19H,12-13H2,1-3H3. The minimum Gasteiger partial charge on any atom is -0.497 e. The Morgan fingerprint density at radius 1 is 1.00 bits per heavy atom. The lowest BCUT2D eigenvalue weighted by molar-refractivity contribution is 0.414. The lowest BCUT2D eigenvalue weighted by Gasteiger charge is -2.17. The van der Waals surface area contributed by atoms with Gasteiger partial charge in [-0.05, 0) is 50.1 Å². The molecular formula is C18H23NO. The molecule has 0 aliphatic heterocycles. The predicted octanol–water partition coefficient (Wildman–Crippen LogP) is 3.38. The zero-order valence-electron chi connectivity index (χ0n) is 12.5. The van der Waals surface area contributed by atoms with Crippen LogP contribution in [0, 0.1) is 6.92 Å². The van der Waals surface area contributed by atoms with Crippen molar-refractivity contribution >= 4 is 0 Å². The minimum absolute atomic E-state index is 0.449. The summed E-state index contributed by atoms with van der Waals surface area (Å²) >= 11 is 0. The third-order valence-corrected chi connectivity index (χ3v) is 3.61. The number of likely N-dealkylation sites (N-methyl/N-ethyl adjacent to an activating group) is 1. The maximum Gasteiger partial charge on any atom is 0.118 e. The molecule has 1 atom stereocenters. The molecule has 106 valence electrons. The van der Waals surface area contributed by atoms with Crippen molar-refractivity contribution in [3.63, 3.8) is 0 Å². The molecule has 0 aromatic heterocycles. The highest BCUT2D eigenvalue weighted by Gasteiger charge is 2.08. The summed E-state index contributed by atoms with van der Waals surface area (Å²) < 4.78 is 5.19. The Kier molecular flexibility index (Phi) is 5.19. The molecule has 0 amide bonds. The Morgan fingerprint density at radius 3 is 2.30 bits per heavy atom. The van der Waals surface area contributed by atoms with Crippen molar-refractivity contribution in [2.45, 2.75) is 25.8 Å². The third-order valence-electron chi connectivity index (χ3n) is 3.61. The summed E-state index contributed by atoms with van der Waals surface area (Å²) in [7, 11) is 3.73. The molecule has 20 heavy (non-hydrogen) atoms. The van der Waals surface area contributed by atoms with Crippen LogP contribution in [0.15, 0.2) is 48.5 Å². The van der Waals surface area contributed by atoms with E-state index in [2.05, 4.69) is 48.6 Å². The Bertz CT molecular complexity index is 533. The van der Waals surface area contributed by atoms with Crippen molar-refractivity contribution in [1.29, 1.82) is 0 Å². The summed E-state index contributed by atoms with van der Waals surface area (Å²) in [5, 5.41) is 3.42. The van der Waals surface area contributed by atoms with E-state index in [4.69, 9.17) is 4.74 Å². The van der Waals surface area contributed by atoms with Gasteiger partial charge in [0.2, 0.25) is 0 Å². The Balaban J connectivity index is 2.01. The van der Waals surface area contributed by atoms with Crippen molar-refractivity contribution in [3.8, 4) is 5.75 Å². The summed E-state index contributed by atoms with van der Waals surface area (Å²) in [5.74, 6) is 0.911. The van der Waals surface area contributed by atoms with Gasteiger partial charge in [-0.3, -0.25) is 0 Å². The number of ether oxygens (including phenoxy) is 1. The van der Waals surface area contributed by atoms with Gasteiger partial charge in [0.15, 0.2) is 0 Å². The fourth-order valence-corrected chi connectivity index (χ4v) is 2.45. The molecule has 0 radical (unpaired) electrons. The van der Waals surface area contributed by atoms with E-state index >= 15 is 0 Å². The molecule has 1 N–H and O–H groups in total. The fraction of sp³-hybridized carbons (Fsp3) is 0.333. The molecule has 0 fully saturated rings. The first-order valence-corrected chi connectivity index (χ1v) is 7.07. The first kappa shape index (κ1) is 14.6. The smallest absolute Gasteiger partial charge is 0.118 e. The number of hydrogen-bond acceptors (Lipinski definition) is 2. The van der Waals surface area contributed by atoms with Crippen molar-refractivity contribution in [3.05, 3.63) is 65.2 Å². The molecule has 2 rings (SSSR count). The van der Waals surface area contributed by atoms with Crippen LogP contribution in [0.1, 0.15) is 16.7 Å². The molecule has 2 heteroatoms. The van der Waals surface area contributed by atoms with Crippen LogP contribution in [0.25, 0.3) is 0 Å². The Morgan fingerprint density at radius 2 is 1.70 bits per heavy atom. The summed E-state index contributed by atoms with van der Waals surface area (Å²) in [4.78, 5) is 0. The van der Waals surface area contributed by atoms with E-state index in [9.17, 15) is 0 Å². The molecule has 2 aromatic carbocycles. The average molecular weight is 269 g/mol. The lowest BCUT2D eigenvalue weighted by atomic mass is 9.98. The Labute approximate surface area is 121 Å². The van der Waals surface area contributed by atoms with Crippen LogP contribution in [0.2, 0.25) is 0 Å². The van der Waals surface area contributed by atoms with E-state index in [1.54, 1.807) is 7.11 Å². The van der Waals surface area contributed by atoms with Gasteiger partial charge >= 0.3 is 0 Å². The summed E-state index contributed by atoms with van der Waals surface area (Å²) in [6, 6.07) is 17.5. The number of methoxy groups -OCH3 is 1.